The lowest BCUT2D eigenvalue weighted by Gasteiger charge is -2.08. The molecule has 6 heteroatoms. The molecule has 0 bridgehead atoms. The quantitative estimate of drug-likeness (QED) is 0.793. The van der Waals surface area contributed by atoms with Gasteiger partial charge in [0.1, 0.15) is 11.1 Å². The molecule has 2 rings (SSSR count). The van der Waals surface area contributed by atoms with Crippen LogP contribution in [-0.2, 0) is 6.67 Å². The van der Waals surface area contributed by atoms with Crippen LogP contribution >= 0.6 is 11.6 Å². The van der Waals surface area contributed by atoms with Crippen molar-refractivity contribution in [3.8, 4) is 5.75 Å². The minimum absolute atomic E-state index is 0.0152. The third-order valence-corrected chi connectivity index (χ3v) is 2.59. The molecule has 0 fully saturated rings. The first-order valence-electron chi connectivity index (χ1n) is 4.62. The molecule has 0 aliphatic heterocycles. The number of methoxy groups -OCH3 is 1. The summed E-state index contributed by atoms with van der Waals surface area (Å²) >= 11 is 5.84. The first-order chi connectivity index (χ1) is 7.69. The van der Waals surface area contributed by atoms with Crippen LogP contribution in [0.1, 0.15) is 0 Å². The first kappa shape index (κ1) is 10.9. The van der Waals surface area contributed by atoms with Crippen LogP contribution < -0.4 is 16.0 Å². The van der Waals surface area contributed by atoms with Crippen LogP contribution in [0.25, 0.3) is 10.9 Å². The van der Waals surface area contributed by atoms with Gasteiger partial charge in [0.25, 0.3) is 5.56 Å². The normalized spacial score (nSPS) is 10.7. The van der Waals surface area contributed by atoms with E-state index in [2.05, 4.69) is 4.98 Å². The molecule has 2 N–H and O–H groups in total. The molecule has 0 saturated heterocycles. The molecular weight excluding hydrogens is 230 g/mol. The highest BCUT2D eigenvalue weighted by atomic mass is 35.5. The Morgan fingerprint density at radius 2 is 2.31 bits per heavy atom. The van der Waals surface area contributed by atoms with Crippen molar-refractivity contribution in [3.05, 3.63) is 33.8 Å². The summed E-state index contributed by atoms with van der Waals surface area (Å²) in [6.07, 6.45) is 0. The van der Waals surface area contributed by atoms with Crippen LogP contribution in [0, 0.1) is 0 Å². The van der Waals surface area contributed by atoms with Crippen molar-refractivity contribution in [1.82, 2.24) is 9.55 Å². The van der Waals surface area contributed by atoms with Crippen molar-refractivity contribution in [2.24, 2.45) is 5.73 Å². The Morgan fingerprint density at radius 1 is 1.56 bits per heavy atom. The lowest BCUT2D eigenvalue weighted by Crippen LogP contribution is -2.26. The predicted octanol–water partition coefficient (Wildman–Crippen LogP) is 0.975. The van der Waals surface area contributed by atoms with Crippen molar-refractivity contribution in [2.45, 2.75) is 6.67 Å². The summed E-state index contributed by atoms with van der Waals surface area (Å²) in [4.78, 5) is 16.1. The molecule has 0 radical (unpaired) electrons. The van der Waals surface area contributed by atoms with Gasteiger partial charge in [-0.25, -0.2) is 4.98 Å². The van der Waals surface area contributed by atoms with Gasteiger partial charge in [-0.15, -0.1) is 0 Å². The van der Waals surface area contributed by atoms with Gasteiger partial charge < -0.3 is 10.5 Å². The number of halogens is 1. The van der Waals surface area contributed by atoms with Crippen molar-refractivity contribution in [3.63, 3.8) is 0 Å². The number of benzene rings is 1. The highest BCUT2D eigenvalue weighted by Crippen LogP contribution is 2.21. The zero-order valence-corrected chi connectivity index (χ0v) is 9.36. The fraction of sp³-hybridized carbons (Fsp3) is 0.200. The van der Waals surface area contributed by atoms with Gasteiger partial charge in [-0.1, -0.05) is 6.07 Å². The second kappa shape index (κ2) is 4.11. The smallest absolute Gasteiger partial charge is 0.267 e. The van der Waals surface area contributed by atoms with E-state index in [0.717, 1.165) is 0 Å². The van der Waals surface area contributed by atoms with Crippen molar-refractivity contribution in [2.75, 3.05) is 7.11 Å². The Hall–Kier alpha value is -1.59. The van der Waals surface area contributed by atoms with E-state index in [1.807, 2.05) is 0 Å². The highest BCUT2D eigenvalue weighted by Gasteiger charge is 2.11. The maximum atomic E-state index is 12.0. The number of hydrogen-bond acceptors (Lipinski definition) is 4. The summed E-state index contributed by atoms with van der Waals surface area (Å²) in [5.74, 6) is 0.467. The molecular formula is C10H10ClN3O2. The molecule has 16 heavy (non-hydrogen) atoms. The molecule has 0 saturated carbocycles. The van der Waals surface area contributed by atoms with Crippen molar-refractivity contribution >= 4 is 22.5 Å². The summed E-state index contributed by atoms with van der Waals surface area (Å²) in [5.41, 5.74) is 5.63. The van der Waals surface area contributed by atoms with Crippen LogP contribution in [0.2, 0.25) is 5.28 Å². The number of nitrogens with two attached hydrogens (primary N) is 1. The molecule has 84 valence electrons. The second-order valence-corrected chi connectivity index (χ2v) is 3.49. The molecule has 5 nitrogen and oxygen atoms in total. The fourth-order valence-electron chi connectivity index (χ4n) is 1.53. The van der Waals surface area contributed by atoms with Gasteiger partial charge in [0.15, 0.2) is 0 Å². The largest absolute Gasteiger partial charge is 0.496 e. The fourth-order valence-corrected chi connectivity index (χ4v) is 1.77. The van der Waals surface area contributed by atoms with Crippen LogP contribution in [0.4, 0.5) is 0 Å². The molecule has 2 aromatic rings. The van der Waals surface area contributed by atoms with E-state index in [1.165, 1.54) is 11.7 Å². The van der Waals surface area contributed by atoms with E-state index < -0.39 is 0 Å². The Morgan fingerprint density at radius 3 is 2.94 bits per heavy atom. The topological polar surface area (TPSA) is 70.1 Å². The first-order valence-corrected chi connectivity index (χ1v) is 5.00. The van der Waals surface area contributed by atoms with Crippen molar-refractivity contribution < 1.29 is 4.74 Å². The van der Waals surface area contributed by atoms with E-state index in [0.29, 0.717) is 16.7 Å². The average molecular weight is 240 g/mol. The minimum Gasteiger partial charge on any atom is -0.496 e. The third-order valence-electron chi connectivity index (χ3n) is 2.30. The second-order valence-electron chi connectivity index (χ2n) is 3.15. The Balaban J connectivity index is 2.95. The summed E-state index contributed by atoms with van der Waals surface area (Å²) in [7, 11) is 1.50. The lowest BCUT2D eigenvalue weighted by atomic mass is 10.2. The van der Waals surface area contributed by atoms with Gasteiger partial charge >= 0.3 is 0 Å². The molecule has 0 aliphatic carbocycles. The van der Waals surface area contributed by atoms with Gasteiger partial charge in [-0.05, 0) is 23.7 Å². The molecule has 1 heterocycles. The Kier molecular flexibility index (Phi) is 2.80. The number of nitrogens with zero attached hydrogens (tertiary/aromatic N) is 2. The molecule has 0 amide bonds. The lowest BCUT2D eigenvalue weighted by molar-refractivity contribution is 0.419. The van der Waals surface area contributed by atoms with Gasteiger partial charge in [0, 0.05) is 0 Å². The molecule has 1 aromatic heterocycles. The summed E-state index contributed by atoms with van der Waals surface area (Å²) < 4.78 is 6.30. The third kappa shape index (κ3) is 1.54. The Labute approximate surface area is 96.4 Å². The Bertz CT molecular complexity index is 594. The molecule has 0 atom stereocenters. The molecule has 0 unspecified atom stereocenters. The summed E-state index contributed by atoms with van der Waals surface area (Å²) in [6, 6.07) is 5.14. The van der Waals surface area contributed by atoms with Gasteiger partial charge in [-0.3, -0.25) is 9.36 Å². The van der Waals surface area contributed by atoms with E-state index in [4.69, 9.17) is 22.1 Å². The standard InChI is InChI=1S/C10H10ClN3O2/c1-16-7-4-2-3-6-8(7)9(15)14(5-12)10(11)13-6/h2-4H,5,12H2,1H3. The highest BCUT2D eigenvalue weighted by molar-refractivity contribution is 6.28. The van der Waals surface area contributed by atoms with E-state index in [1.54, 1.807) is 18.2 Å². The maximum Gasteiger partial charge on any atom is 0.267 e. The summed E-state index contributed by atoms with van der Waals surface area (Å²) in [6.45, 7) is -0.0152. The predicted molar refractivity (Wildman–Crippen MR) is 61.8 cm³/mol. The van der Waals surface area contributed by atoms with Crippen LogP contribution in [0.15, 0.2) is 23.0 Å². The number of rotatable bonds is 2. The SMILES string of the molecule is COc1cccc2nc(Cl)n(CN)c(=O)c12. The van der Waals surface area contributed by atoms with Crippen LogP contribution in [-0.4, -0.2) is 16.7 Å². The average Bonchev–Trinajstić information content (AvgIpc) is 2.28. The van der Waals surface area contributed by atoms with Gasteiger partial charge in [0.2, 0.25) is 5.28 Å². The minimum atomic E-state index is -0.296. The van der Waals surface area contributed by atoms with E-state index in [-0.39, 0.29) is 17.5 Å². The van der Waals surface area contributed by atoms with Gasteiger partial charge in [0.05, 0.1) is 19.3 Å². The molecule has 1 aromatic carbocycles. The van der Waals surface area contributed by atoms with E-state index in [9.17, 15) is 4.79 Å². The molecule has 0 spiro atoms. The number of aromatic nitrogens is 2. The van der Waals surface area contributed by atoms with Gasteiger partial charge in [-0.2, -0.15) is 0 Å². The van der Waals surface area contributed by atoms with Crippen LogP contribution in [0.5, 0.6) is 5.75 Å². The zero-order valence-electron chi connectivity index (χ0n) is 8.61. The van der Waals surface area contributed by atoms with Crippen LogP contribution in [0.3, 0.4) is 0 Å². The summed E-state index contributed by atoms with van der Waals surface area (Å²) in [5, 5.41) is 0.466. The number of hydrogen-bond donors (Lipinski definition) is 1. The number of ether oxygens (including phenoxy) is 1. The zero-order chi connectivity index (χ0) is 11.7. The maximum absolute atomic E-state index is 12.0. The molecule has 0 aliphatic rings. The number of fused-ring (bicyclic) bond motifs is 1. The van der Waals surface area contributed by atoms with E-state index >= 15 is 0 Å². The van der Waals surface area contributed by atoms with Crippen molar-refractivity contribution in [1.29, 1.82) is 0 Å². The monoisotopic (exact) mass is 239 g/mol.